The van der Waals surface area contributed by atoms with E-state index in [0.717, 1.165) is 0 Å². The first-order chi connectivity index (χ1) is 7.85. The molecule has 0 bridgehead atoms. The molecule has 0 amide bonds. The monoisotopic (exact) mass is 220 g/mol. The van der Waals surface area contributed by atoms with Crippen molar-refractivity contribution in [1.82, 2.24) is 0 Å². The van der Waals surface area contributed by atoms with Crippen molar-refractivity contribution in [2.24, 2.45) is 0 Å². The average molecular weight is 220 g/mol. The maximum atomic E-state index is 2.20. The lowest BCUT2D eigenvalue weighted by atomic mass is 10.0. The van der Waals surface area contributed by atoms with Crippen LogP contribution in [0, 0.1) is 0 Å². The molecule has 92 valence electrons. The topological polar surface area (TPSA) is 0 Å². The van der Waals surface area contributed by atoms with E-state index in [1.807, 2.05) is 0 Å². The van der Waals surface area contributed by atoms with Gasteiger partial charge >= 0.3 is 0 Å². The largest absolute Gasteiger partial charge is 0.0656 e. The third-order valence-electron chi connectivity index (χ3n) is 2.38. The van der Waals surface area contributed by atoms with Crippen LogP contribution in [-0.2, 0) is 6.42 Å². The van der Waals surface area contributed by atoms with Gasteiger partial charge in [0.2, 0.25) is 0 Å². The Morgan fingerprint density at radius 2 is 1.25 bits per heavy atom. The number of aryl methyl sites for hydroxylation is 1. The standard InChI is InChI=1S/C9H12.C4H8.C3H8/c1-2-6-9-7-4-3-5-8-9;1-2-4-3-1;1-3-2/h3-5,7-8H,2,6H2,1H3;1-4H2;3H2,1-2H3. The molecule has 1 aromatic carbocycles. The summed E-state index contributed by atoms with van der Waals surface area (Å²) in [5.74, 6) is 0. The van der Waals surface area contributed by atoms with E-state index in [1.54, 1.807) is 0 Å². The molecule has 16 heavy (non-hydrogen) atoms. The summed E-state index contributed by atoms with van der Waals surface area (Å²) in [5.41, 5.74) is 1.44. The predicted octanol–water partition coefficient (Wildman–Crippen LogP) is 5.62. The molecule has 0 aromatic heterocycles. The molecule has 0 radical (unpaired) electrons. The van der Waals surface area contributed by atoms with Crippen molar-refractivity contribution in [1.29, 1.82) is 0 Å². The van der Waals surface area contributed by atoms with Crippen LogP contribution in [0.15, 0.2) is 30.3 Å². The first-order valence-electron chi connectivity index (χ1n) is 6.89. The Morgan fingerprint density at radius 1 is 0.812 bits per heavy atom. The van der Waals surface area contributed by atoms with Crippen LogP contribution in [0.2, 0.25) is 0 Å². The Balaban J connectivity index is 0.000000266. The lowest BCUT2D eigenvalue weighted by molar-refractivity contribution is 0.504. The van der Waals surface area contributed by atoms with Crippen LogP contribution in [0.1, 0.15) is 64.9 Å². The first-order valence-corrected chi connectivity index (χ1v) is 6.89. The minimum atomic E-state index is 1.21. The maximum Gasteiger partial charge on any atom is -0.0281 e. The molecule has 1 fully saturated rings. The van der Waals surface area contributed by atoms with Crippen molar-refractivity contribution in [3.8, 4) is 0 Å². The zero-order valence-electron chi connectivity index (χ0n) is 11.3. The highest BCUT2D eigenvalue weighted by Gasteiger charge is 1.95. The van der Waals surface area contributed by atoms with E-state index < -0.39 is 0 Å². The van der Waals surface area contributed by atoms with E-state index in [4.69, 9.17) is 0 Å². The minimum Gasteiger partial charge on any atom is -0.0656 e. The molecule has 0 spiro atoms. The van der Waals surface area contributed by atoms with Crippen LogP contribution in [0.25, 0.3) is 0 Å². The molecule has 0 nitrogen and oxygen atoms in total. The van der Waals surface area contributed by atoms with Gasteiger partial charge in [0.25, 0.3) is 0 Å². The molecule has 0 unspecified atom stereocenters. The predicted molar refractivity (Wildman–Crippen MR) is 74.9 cm³/mol. The number of hydrogen-bond acceptors (Lipinski definition) is 0. The van der Waals surface area contributed by atoms with Gasteiger partial charge in [0.05, 0.1) is 0 Å². The molecule has 1 aliphatic carbocycles. The zero-order valence-corrected chi connectivity index (χ0v) is 11.3. The lowest BCUT2D eigenvalue weighted by Crippen LogP contribution is -1.85. The van der Waals surface area contributed by atoms with Gasteiger partial charge in [0.15, 0.2) is 0 Å². The fourth-order valence-electron chi connectivity index (χ4n) is 1.18. The van der Waals surface area contributed by atoms with E-state index in [1.165, 1.54) is 50.5 Å². The highest BCUT2D eigenvalue weighted by Crippen LogP contribution is 2.15. The van der Waals surface area contributed by atoms with Crippen LogP contribution in [0.5, 0.6) is 0 Å². The molecule has 0 atom stereocenters. The summed E-state index contributed by atoms with van der Waals surface area (Å²) in [5, 5.41) is 0. The third-order valence-corrected chi connectivity index (χ3v) is 2.38. The van der Waals surface area contributed by atoms with Crippen molar-refractivity contribution in [2.75, 3.05) is 0 Å². The fraction of sp³-hybridized carbons (Fsp3) is 0.625. The number of benzene rings is 1. The summed E-state index contributed by atoms with van der Waals surface area (Å²) in [7, 11) is 0. The molecule has 2 rings (SSSR count). The van der Waals surface area contributed by atoms with E-state index in [9.17, 15) is 0 Å². The maximum absolute atomic E-state index is 2.20. The molecule has 0 aliphatic heterocycles. The van der Waals surface area contributed by atoms with Crippen molar-refractivity contribution < 1.29 is 0 Å². The van der Waals surface area contributed by atoms with Gasteiger partial charge in [-0.05, 0) is 12.0 Å². The van der Waals surface area contributed by atoms with Crippen molar-refractivity contribution >= 4 is 0 Å². The van der Waals surface area contributed by atoms with E-state index in [2.05, 4.69) is 51.1 Å². The average Bonchev–Trinajstić information content (AvgIpc) is 2.18. The van der Waals surface area contributed by atoms with Crippen LogP contribution in [0.4, 0.5) is 0 Å². The van der Waals surface area contributed by atoms with Gasteiger partial charge in [0.1, 0.15) is 0 Å². The van der Waals surface area contributed by atoms with Gasteiger partial charge in [-0.15, -0.1) is 0 Å². The molecule has 0 heteroatoms. The van der Waals surface area contributed by atoms with Crippen LogP contribution in [0.3, 0.4) is 0 Å². The number of hydrogen-bond donors (Lipinski definition) is 0. The van der Waals surface area contributed by atoms with Gasteiger partial charge in [-0.25, -0.2) is 0 Å². The van der Waals surface area contributed by atoms with Crippen LogP contribution >= 0.6 is 0 Å². The van der Waals surface area contributed by atoms with Gasteiger partial charge in [-0.3, -0.25) is 0 Å². The van der Waals surface area contributed by atoms with Gasteiger partial charge in [-0.2, -0.15) is 0 Å². The molecule has 1 saturated carbocycles. The van der Waals surface area contributed by atoms with Gasteiger partial charge in [-0.1, -0.05) is 89.6 Å². The van der Waals surface area contributed by atoms with E-state index in [-0.39, 0.29) is 0 Å². The van der Waals surface area contributed by atoms with Crippen molar-refractivity contribution in [2.45, 2.75) is 65.7 Å². The summed E-state index contributed by atoms with van der Waals surface area (Å²) in [6.07, 6.45) is 9.70. The summed E-state index contributed by atoms with van der Waals surface area (Å²) in [4.78, 5) is 0. The molecule has 1 aliphatic rings. The molecular weight excluding hydrogens is 192 g/mol. The van der Waals surface area contributed by atoms with Crippen LogP contribution in [-0.4, -0.2) is 0 Å². The summed E-state index contributed by atoms with van der Waals surface area (Å²) in [6, 6.07) is 10.6. The lowest BCUT2D eigenvalue weighted by Gasteiger charge is -2.05. The van der Waals surface area contributed by atoms with Gasteiger partial charge < -0.3 is 0 Å². The Morgan fingerprint density at radius 3 is 1.56 bits per heavy atom. The molecular formula is C16H28. The normalized spacial score (nSPS) is 12.4. The Labute approximate surface area is 102 Å². The second kappa shape index (κ2) is 12.3. The van der Waals surface area contributed by atoms with Crippen molar-refractivity contribution in [3.05, 3.63) is 35.9 Å². The second-order valence-corrected chi connectivity index (χ2v) is 4.36. The first kappa shape index (κ1) is 15.2. The molecule has 0 heterocycles. The molecule has 1 aromatic rings. The van der Waals surface area contributed by atoms with Crippen LogP contribution < -0.4 is 0 Å². The summed E-state index contributed by atoms with van der Waals surface area (Å²) in [6.45, 7) is 6.45. The highest BCUT2D eigenvalue weighted by atomic mass is 14.0. The van der Waals surface area contributed by atoms with Gasteiger partial charge in [0, 0.05) is 0 Å². The Bertz CT molecular complexity index is 205. The van der Waals surface area contributed by atoms with E-state index >= 15 is 0 Å². The molecule has 0 saturated heterocycles. The summed E-state index contributed by atoms with van der Waals surface area (Å²) >= 11 is 0. The minimum absolute atomic E-state index is 1.21. The third kappa shape index (κ3) is 9.76. The fourth-order valence-corrected chi connectivity index (χ4v) is 1.18. The summed E-state index contributed by atoms with van der Waals surface area (Å²) < 4.78 is 0. The Hall–Kier alpha value is -0.780. The van der Waals surface area contributed by atoms with E-state index in [0.29, 0.717) is 0 Å². The SMILES string of the molecule is C1CCC1.CCC.CCCc1ccccc1. The Kier molecular flexibility index (Phi) is 11.7. The highest BCUT2D eigenvalue weighted by molar-refractivity contribution is 5.14. The smallest absolute Gasteiger partial charge is 0.0281 e. The zero-order chi connectivity index (χ0) is 12.1. The van der Waals surface area contributed by atoms with Crippen molar-refractivity contribution in [3.63, 3.8) is 0 Å². The quantitative estimate of drug-likeness (QED) is 0.607. The number of rotatable bonds is 2. The molecule has 0 N–H and O–H groups in total. The second-order valence-electron chi connectivity index (χ2n) is 4.36.